The van der Waals surface area contributed by atoms with Crippen molar-refractivity contribution in [1.29, 1.82) is 0 Å². The van der Waals surface area contributed by atoms with E-state index in [-0.39, 0.29) is 30.1 Å². The summed E-state index contributed by atoms with van der Waals surface area (Å²) in [6.45, 7) is 11.7. The van der Waals surface area contributed by atoms with Crippen LogP contribution in [0, 0.1) is 19.8 Å². The molecule has 0 radical (unpaired) electrons. The maximum atomic E-state index is 13.2. The predicted molar refractivity (Wildman–Crippen MR) is 232 cm³/mol. The Morgan fingerprint density at radius 3 is 2.60 bits per heavy atom. The zero-order valence-corrected chi connectivity index (χ0v) is 35.7. The van der Waals surface area contributed by atoms with Gasteiger partial charge >= 0.3 is 5.97 Å². The molecule has 6 rings (SSSR count). The number of pyridine rings is 1. The Morgan fingerprint density at radius 2 is 1.82 bits per heavy atom. The average molecular weight is 826 g/mol. The molecule has 0 unspecified atom stereocenters. The van der Waals surface area contributed by atoms with Gasteiger partial charge in [0.1, 0.15) is 5.82 Å². The lowest BCUT2D eigenvalue weighted by molar-refractivity contribution is -0.141. The number of methoxy groups -OCH3 is 1. The molecule has 3 aliphatic rings. The number of ether oxygens (including phenoxy) is 2. The summed E-state index contributed by atoms with van der Waals surface area (Å²) in [5, 5.41) is 14.7. The second-order valence-electron chi connectivity index (χ2n) is 16.5. The van der Waals surface area contributed by atoms with Gasteiger partial charge in [-0.2, -0.15) is 10.1 Å². The first-order valence-corrected chi connectivity index (χ1v) is 21.8. The Morgan fingerprint density at radius 1 is 1.00 bits per heavy atom. The van der Waals surface area contributed by atoms with Crippen LogP contribution in [0.15, 0.2) is 41.5 Å². The number of carbonyl (C=O) groups excluding carboxylic acids is 3. The molecule has 324 valence electrons. The van der Waals surface area contributed by atoms with Gasteiger partial charge in [0.05, 0.1) is 31.5 Å². The normalized spacial score (nSPS) is 17.0. The predicted octanol–water partition coefficient (Wildman–Crippen LogP) is 6.10. The van der Waals surface area contributed by atoms with E-state index < -0.39 is 0 Å². The lowest BCUT2D eigenvalue weighted by atomic mass is 9.93. The third kappa shape index (κ3) is 12.8. The molecule has 2 aromatic heterocycles. The van der Waals surface area contributed by atoms with Crippen LogP contribution >= 0.6 is 0 Å². The number of likely N-dealkylation sites (tertiary alicyclic amines) is 1. The number of anilines is 2. The van der Waals surface area contributed by atoms with Crippen molar-refractivity contribution in [3.63, 3.8) is 0 Å². The van der Waals surface area contributed by atoms with Crippen LogP contribution in [0.4, 0.5) is 11.5 Å². The fraction of sp³-hybridized carbons (Fsp3) is 0.614. The summed E-state index contributed by atoms with van der Waals surface area (Å²) >= 11 is 0. The van der Waals surface area contributed by atoms with E-state index in [1.54, 1.807) is 0 Å². The van der Waals surface area contributed by atoms with E-state index in [1.807, 2.05) is 29.5 Å². The number of fused-ring (bicyclic) bond motifs is 1. The van der Waals surface area contributed by atoms with Gasteiger partial charge in [-0.05, 0) is 106 Å². The minimum Gasteiger partial charge on any atom is -0.477 e. The molecular formula is C44H63N11O5. The quantitative estimate of drug-likeness (QED) is 0.0419. The van der Waals surface area contributed by atoms with E-state index in [2.05, 4.69) is 60.8 Å². The van der Waals surface area contributed by atoms with Crippen LogP contribution in [-0.4, -0.2) is 122 Å². The molecule has 2 saturated heterocycles. The van der Waals surface area contributed by atoms with Gasteiger partial charge < -0.3 is 34.8 Å². The van der Waals surface area contributed by atoms with Crippen molar-refractivity contribution in [3.05, 3.63) is 69.4 Å². The number of nitrogens with zero attached hydrogens (tertiary/aromatic N) is 9. The number of azide groups is 1. The number of aromatic nitrogens is 3. The van der Waals surface area contributed by atoms with Crippen molar-refractivity contribution < 1.29 is 23.9 Å². The van der Waals surface area contributed by atoms with Gasteiger partial charge in [0.15, 0.2) is 0 Å². The summed E-state index contributed by atoms with van der Waals surface area (Å²) in [5.74, 6) is 1.63. The second kappa shape index (κ2) is 22.3. The van der Waals surface area contributed by atoms with Crippen molar-refractivity contribution in [1.82, 2.24) is 29.9 Å². The molecule has 0 bridgehead atoms. The van der Waals surface area contributed by atoms with E-state index in [4.69, 9.17) is 25.1 Å². The topological polar surface area (TPSA) is 183 Å². The first-order valence-electron chi connectivity index (χ1n) is 21.8. The first-order chi connectivity index (χ1) is 29.2. The van der Waals surface area contributed by atoms with E-state index in [1.165, 1.54) is 12.7 Å². The van der Waals surface area contributed by atoms with E-state index in [9.17, 15) is 14.4 Å². The maximum Gasteiger partial charge on any atom is 0.306 e. The number of esters is 1. The zero-order chi connectivity index (χ0) is 42.3. The van der Waals surface area contributed by atoms with Crippen molar-refractivity contribution in [2.45, 2.75) is 90.4 Å². The monoisotopic (exact) mass is 826 g/mol. The van der Waals surface area contributed by atoms with Gasteiger partial charge in [0.25, 0.3) is 0 Å². The molecule has 0 saturated carbocycles. The lowest BCUT2D eigenvalue weighted by Gasteiger charge is -2.37. The van der Waals surface area contributed by atoms with Crippen LogP contribution in [0.25, 0.3) is 16.1 Å². The molecule has 0 aliphatic carbocycles. The van der Waals surface area contributed by atoms with Crippen LogP contribution in [0.2, 0.25) is 0 Å². The Balaban J connectivity index is 1.05. The number of carbonyl (C=O) groups is 3. The summed E-state index contributed by atoms with van der Waals surface area (Å²) in [4.78, 5) is 52.6. The smallest absolute Gasteiger partial charge is 0.306 e. The summed E-state index contributed by atoms with van der Waals surface area (Å²) < 4.78 is 13.4. The standard InChI is InChI=1S/C44H63N11O5/c1-32-24-33(2)55(50-32)39-26-36(37(27-43(58)59-3)30-52-19-15-34(29-52)31-60-41-14-13-35-10-9-17-47-44(35)49-41)25-38(28-39)53-20-22-54(23-21-53)42(57)12-8-11-40(56)46-16-6-4-5-7-18-48-51-45/h13-14,24-26,28,34,37H,4-12,15-23,27,29-31H2,1-3H3,(H,46,56)(H,47,49)/t34-,37-/m1/s1. The summed E-state index contributed by atoms with van der Waals surface area (Å²) in [6, 6.07) is 12.7. The number of rotatable bonds is 21. The van der Waals surface area contributed by atoms with Crippen LogP contribution < -0.4 is 20.3 Å². The average Bonchev–Trinajstić information content (AvgIpc) is 3.87. The minimum atomic E-state index is -0.246. The van der Waals surface area contributed by atoms with Gasteiger partial charge in [-0.1, -0.05) is 18.0 Å². The van der Waals surface area contributed by atoms with Crippen LogP contribution in [0.1, 0.15) is 92.6 Å². The molecule has 3 aromatic rings. The van der Waals surface area contributed by atoms with Crippen LogP contribution in [0.3, 0.4) is 0 Å². The Labute approximate surface area is 354 Å². The Bertz CT molecular complexity index is 1960. The number of amides is 2. The second-order valence-corrected chi connectivity index (χ2v) is 16.5. The SMILES string of the molecule is COC(=O)C[C@H](CN1CC[C@@H](COc2ccc3c(n2)NCCC3)C1)c1cc(N2CCN(C(=O)CCCC(=O)NCCCCCCN=[N+]=[N-])CC2)cc(-n2nc(C)cc2C)c1. The first kappa shape index (κ1) is 44.2. The van der Waals surface area contributed by atoms with Crippen LogP contribution in [0.5, 0.6) is 5.88 Å². The molecule has 2 N–H and O–H groups in total. The molecule has 16 heteroatoms. The van der Waals surface area contributed by atoms with E-state index in [0.717, 1.165) is 98.7 Å². The summed E-state index contributed by atoms with van der Waals surface area (Å²) in [7, 11) is 1.45. The molecule has 2 atom stereocenters. The molecular weight excluding hydrogens is 763 g/mol. The van der Waals surface area contributed by atoms with Crippen LogP contribution in [-0.2, 0) is 25.5 Å². The van der Waals surface area contributed by atoms with Gasteiger partial charge in [-0.3, -0.25) is 14.4 Å². The Kier molecular flexibility index (Phi) is 16.4. The Hall–Kier alpha value is -5.34. The number of piperazine rings is 1. The molecule has 2 fully saturated rings. The number of unbranched alkanes of at least 4 members (excludes halogenated alkanes) is 3. The largest absolute Gasteiger partial charge is 0.477 e. The van der Waals surface area contributed by atoms with E-state index in [0.29, 0.717) is 83.5 Å². The number of hydrogen-bond donors (Lipinski definition) is 2. The molecule has 0 spiro atoms. The van der Waals surface area contributed by atoms with Gasteiger partial charge in [0, 0.05) is 106 Å². The highest BCUT2D eigenvalue weighted by molar-refractivity contribution is 5.79. The highest BCUT2D eigenvalue weighted by Crippen LogP contribution is 2.32. The molecule has 60 heavy (non-hydrogen) atoms. The third-order valence-corrected chi connectivity index (χ3v) is 11.8. The fourth-order valence-corrected chi connectivity index (χ4v) is 8.54. The minimum absolute atomic E-state index is 0.0275. The summed E-state index contributed by atoms with van der Waals surface area (Å²) in [6.07, 6.45) is 8.27. The number of nitrogens with one attached hydrogen (secondary N) is 2. The highest BCUT2D eigenvalue weighted by atomic mass is 16.5. The zero-order valence-electron chi connectivity index (χ0n) is 35.7. The van der Waals surface area contributed by atoms with Gasteiger partial charge in [0.2, 0.25) is 17.7 Å². The molecule has 2 amide bonds. The molecule has 1 aromatic carbocycles. The van der Waals surface area contributed by atoms with E-state index >= 15 is 0 Å². The summed E-state index contributed by atoms with van der Waals surface area (Å²) in [5.41, 5.74) is 14.6. The highest BCUT2D eigenvalue weighted by Gasteiger charge is 2.29. The third-order valence-electron chi connectivity index (χ3n) is 11.8. The number of aryl methyl sites for hydroxylation is 3. The fourth-order valence-electron chi connectivity index (χ4n) is 8.54. The molecule has 5 heterocycles. The van der Waals surface area contributed by atoms with Crippen molar-refractivity contribution in [2.75, 3.05) is 89.4 Å². The van der Waals surface area contributed by atoms with Crippen molar-refractivity contribution in [3.8, 4) is 11.6 Å². The van der Waals surface area contributed by atoms with Crippen molar-refractivity contribution >= 4 is 29.3 Å². The van der Waals surface area contributed by atoms with Gasteiger partial charge in [-0.15, -0.1) is 0 Å². The van der Waals surface area contributed by atoms with Crippen molar-refractivity contribution in [2.24, 2.45) is 11.0 Å². The number of hydrogen-bond acceptors (Lipinski definition) is 11. The molecule has 3 aliphatic heterocycles. The molecule has 16 nitrogen and oxygen atoms in total. The van der Waals surface area contributed by atoms with Gasteiger partial charge in [-0.25, -0.2) is 4.68 Å². The lowest BCUT2D eigenvalue weighted by Crippen LogP contribution is -2.48. The number of benzene rings is 1. The maximum absolute atomic E-state index is 13.2.